The summed E-state index contributed by atoms with van der Waals surface area (Å²) in [5.41, 5.74) is 12.5. The molecular weight excluding hydrogens is 494 g/mol. The first-order valence-electron chi connectivity index (χ1n) is 12.8. The summed E-state index contributed by atoms with van der Waals surface area (Å²) in [6.45, 7) is 4.12. The van der Waals surface area contributed by atoms with Crippen molar-refractivity contribution >= 4 is 35.5 Å². The highest BCUT2D eigenvalue weighted by atomic mass is 32.2. The molecule has 5 unspecified atom stereocenters. The molecule has 10 nitrogen and oxygen atoms in total. The fourth-order valence-corrected chi connectivity index (χ4v) is 4.18. The lowest BCUT2D eigenvalue weighted by atomic mass is 9.97. The third-order valence-corrected chi connectivity index (χ3v) is 6.88. The van der Waals surface area contributed by atoms with Crippen LogP contribution in [0.15, 0.2) is 30.3 Å². The number of unbranched alkanes of at least 4 members (excludes halogenated alkanes) is 1. The zero-order chi connectivity index (χ0) is 27.8. The summed E-state index contributed by atoms with van der Waals surface area (Å²) in [4.78, 5) is 50.8. The number of carboxylic acid groups (broad SMARTS) is 1. The predicted octanol–water partition coefficient (Wildman–Crippen LogP) is 1.02. The van der Waals surface area contributed by atoms with Gasteiger partial charge in [-0.2, -0.15) is 11.8 Å². The van der Waals surface area contributed by atoms with Crippen LogP contribution >= 0.6 is 11.8 Å². The number of carbonyl (C=O) groups excluding carboxylic acids is 3. The summed E-state index contributed by atoms with van der Waals surface area (Å²) in [5, 5.41) is 17.6. The van der Waals surface area contributed by atoms with Crippen molar-refractivity contribution in [2.75, 3.05) is 18.6 Å². The van der Waals surface area contributed by atoms with E-state index in [9.17, 15) is 24.3 Å². The minimum Gasteiger partial charge on any atom is -0.480 e. The van der Waals surface area contributed by atoms with E-state index in [1.807, 2.05) is 43.5 Å². The third-order valence-electron chi connectivity index (χ3n) is 6.23. The second-order valence-electron chi connectivity index (χ2n) is 9.19. The van der Waals surface area contributed by atoms with Crippen LogP contribution < -0.4 is 27.4 Å². The van der Waals surface area contributed by atoms with Gasteiger partial charge in [0.05, 0.1) is 6.04 Å². The maximum Gasteiger partial charge on any atom is 0.326 e. The molecule has 1 aromatic rings. The van der Waals surface area contributed by atoms with E-state index < -0.39 is 47.9 Å². The molecule has 1 rings (SSSR count). The molecule has 208 valence electrons. The Balaban J connectivity index is 2.93. The Bertz CT molecular complexity index is 857. The van der Waals surface area contributed by atoms with Gasteiger partial charge >= 0.3 is 5.97 Å². The van der Waals surface area contributed by atoms with Crippen molar-refractivity contribution in [2.24, 2.45) is 17.4 Å². The van der Waals surface area contributed by atoms with E-state index in [0.29, 0.717) is 44.4 Å². The Morgan fingerprint density at radius 3 is 2.16 bits per heavy atom. The summed E-state index contributed by atoms with van der Waals surface area (Å²) >= 11 is 1.53. The van der Waals surface area contributed by atoms with Gasteiger partial charge in [-0.05, 0) is 62.1 Å². The largest absolute Gasteiger partial charge is 0.480 e. The standard InChI is InChI=1S/C26H43N5O5S/c1-4-17(2)22(25(34)30-21(26(35)36)12-8-9-14-27)31-24(33)20(13-15-37-3)29-23(32)19(28)16-18-10-6-5-7-11-18/h5-7,10-11,17,19-22H,4,8-9,12-16,27-28H2,1-3H3,(H,29,32)(H,30,34)(H,31,33)(H,35,36). The summed E-state index contributed by atoms with van der Waals surface area (Å²) in [5.74, 6) is -2.34. The molecule has 37 heavy (non-hydrogen) atoms. The van der Waals surface area contributed by atoms with Crippen LogP contribution in [-0.4, -0.2) is 71.5 Å². The molecule has 0 aliphatic carbocycles. The van der Waals surface area contributed by atoms with Crippen LogP contribution in [0.25, 0.3) is 0 Å². The first kappa shape index (κ1) is 32.4. The lowest BCUT2D eigenvalue weighted by molar-refractivity contribution is -0.143. The molecule has 5 atom stereocenters. The number of benzene rings is 1. The fraction of sp³-hybridized carbons (Fsp3) is 0.615. The predicted molar refractivity (Wildman–Crippen MR) is 147 cm³/mol. The van der Waals surface area contributed by atoms with Crippen molar-refractivity contribution in [2.45, 2.75) is 76.5 Å². The Morgan fingerprint density at radius 1 is 0.946 bits per heavy atom. The van der Waals surface area contributed by atoms with Crippen LogP contribution in [0, 0.1) is 5.92 Å². The van der Waals surface area contributed by atoms with Crippen molar-refractivity contribution in [1.29, 1.82) is 0 Å². The number of nitrogens with two attached hydrogens (primary N) is 2. The highest BCUT2D eigenvalue weighted by Gasteiger charge is 2.32. The molecule has 8 N–H and O–H groups in total. The van der Waals surface area contributed by atoms with Gasteiger partial charge in [-0.25, -0.2) is 4.79 Å². The number of amides is 3. The van der Waals surface area contributed by atoms with Crippen molar-refractivity contribution in [3.05, 3.63) is 35.9 Å². The van der Waals surface area contributed by atoms with Gasteiger partial charge in [0.15, 0.2) is 0 Å². The molecule has 0 saturated carbocycles. The van der Waals surface area contributed by atoms with Gasteiger partial charge in [0, 0.05) is 0 Å². The van der Waals surface area contributed by atoms with Crippen molar-refractivity contribution < 1.29 is 24.3 Å². The smallest absolute Gasteiger partial charge is 0.326 e. The number of nitrogens with one attached hydrogen (secondary N) is 3. The molecule has 0 bridgehead atoms. The van der Waals surface area contributed by atoms with Gasteiger partial charge < -0.3 is 32.5 Å². The lowest BCUT2D eigenvalue weighted by Gasteiger charge is -2.28. The van der Waals surface area contributed by atoms with Gasteiger partial charge in [0.1, 0.15) is 18.1 Å². The van der Waals surface area contributed by atoms with Crippen molar-refractivity contribution in [3.8, 4) is 0 Å². The first-order valence-corrected chi connectivity index (χ1v) is 14.2. The number of hydrogen-bond donors (Lipinski definition) is 6. The maximum absolute atomic E-state index is 13.2. The van der Waals surface area contributed by atoms with E-state index in [1.165, 1.54) is 11.8 Å². The Morgan fingerprint density at radius 2 is 1.59 bits per heavy atom. The van der Waals surface area contributed by atoms with Crippen LogP contribution in [0.5, 0.6) is 0 Å². The van der Waals surface area contributed by atoms with E-state index in [4.69, 9.17) is 11.5 Å². The van der Waals surface area contributed by atoms with Crippen molar-refractivity contribution in [3.63, 3.8) is 0 Å². The van der Waals surface area contributed by atoms with Crippen molar-refractivity contribution in [1.82, 2.24) is 16.0 Å². The van der Waals surface area contributed by atoms with Gasteiger partial charge in [0.25, 0.3) is 0 Å². The van der Waals surface area contributed by atoms with Gasteiger partial charge in [-0.1, -0.05) is 50.6 Å². The quantitative estimate of drug-likeness (QED) is 0.150. The molecule has 11 heteroatoms. The van der Waals surface area contributed by atoms with E-state index in [1.54, 1.807) is 6.92 Å². The second-order valence-corrected chi connectivity index (χ2v) is 10.2. The minimum atomic E-state index is -1.14. The highest BCUT2D eigenvalue weighted by Crippen LogP contribution is 2.12. The van der Waals surface area contributed by atoms with E-state index in [-0.39, 0.29) is 12.3 Å². The molecule has 0 radical (unpaired) electrons. The number of aliphatic carboxylic acids is 1. The summed E-state index contributed by atoms with van der Waals surface area (Å²) < 4.78 is 0. The van der Waals surface area contributed by atoms with E-state index >= 15 is 0 Å². The Hall–Kier alpha value is -2.63. The lowest BCUT2D eigenvalue weighted by Crippen LogP contribution is -2.58. The molecule has 1 aromatic carbocycles. The SMILES string of the molecule is CCC(C)C(NC(=O)C(CCSC)NC(=O)C(N)Cc1ccccc1)C(=O)NC(CCCCN)C(=O)O. The Labute approximate surface area is 224 Å². The third kappa shape index (κ3) is 12.0. The Kier molecular flexibility index (Phi) is 15.6. The molecule has 0 aliphatic heterocycles. The number of thioether (sulfide) groups is 1. The normalized spacial score (nSPS) is 15.1. The zero-order valence-corrected chi connectivity index (χ0v) is 22.9. The molecule has 0 heterocycles. The average Bonchev–Trinajstić information content (AvgIpc) is 2.88. The second kappa shape index (κ2) is 17.8. The summed E-state index contributed by atoms with van der Waals surface area (Å²) in [7, 11) is 0. The van der Waals surface area contributed by atoms with Crippen LogP contribution in [-0.2, 0) is 25.6 Å². The molecule has 0 fully saturated rings. The number of hydrogen-bond acceptors (Lipinski definition) is 7. The number of rotatable bonds is 18. The molecule has 3 amide bonds. The monoisotopic (exact) mass is 537 g/mol. The molecule has 0 spiro atoms. The summed E-state index contributed by atoms with van der Waals surface area (Å²) in [6.07, 6.45) is 4.58. The molecule has 0 aliphatic rings. The highest BCUT2D eigenvalue weighted by molar-refractivity contribution is 7.98. The van der Waals surface area contributed by atoms with E-state index in [2.05, 4.69) is 16.0 Å². The van der Waals surface area contributed by atoms with Gasteiger partial charge in [-0.3, -0.25) is 14.4 Å². The molecule has 0 saturated heterocycles. The fourth-order valence-electron chi connectivity index (χ4n) is 3.71. The number of carbonyl (C=O) groups is 4. The van der Waals surface area contributed by atoms with E-state index in [0.717, 1.165) is 5.56 Å². The number of carboxylic acids is 1. The van der Waals surface area contributed by atoms with Crippen LogP contribution in [0.4, 0.5) is 0 Å². The maximum atomic E-state index is 13.2. The van der Waals surface area contributed by atoms with Crippen LogP contribution in [0.1, 0.15) is 51.5 Å². The van der Waals surface area contributed by atoms with Gasteiger partial charge in [-0.15, -0.1) is 0 Å². The zero-order valence-electron chi connectivity index (χ0n) is 22.1. The van der Waals surface area contributed by atoms with Gasteiger partial charge in [0.2, 0.25) is 17.7 Å². The summed E-state index contributed by atoms with van der Waals surface area (Å²) in [6, 6.07) is 5.59. The van der Waals surface area contributed by atoms with Crippen LogP contribution in [0.3, 0.4) is 0 Å². The van der Waals surface area contributed by atoms with Crippen LogP contribution in [0.2, 0.25) is 0 Å². The molecule has 0 aromatic heterocycles. The average molecular weight is 538 g/mol. The topological polar surface area (TPSA) is 177 Å². The molecular formula is C26H43N5O5S. The minimum absolute atomic E-state index is 0.241. The first-order chi connectivity index (χ1) is 17.6.